The lowest BCUT2D eigenvalue weighted by Crippen LogP contribution is -2.51. The van der Waals surface area contributed by atoms with Crippen molar-refractivity contribution >= 4 is 28.3 Å². The molecule has 0 aromatic heterocycles. The molecule has 1 saturated heterocycles. The molecule has 0 radical (unpaired) electrons. The number of anilines is 1. The zero-order valence-corrected chi connectivity index (χ0v) is 18.0. The average molecular weight is 428 g/mol. The highest BCUT2D eigenvalue weighted by molar-refractivity contribution is 6.27. The monoisotopic (exact) mass is 427 g/mol. The standard InChI is InChI=1S/C26H25N3O3/c1-16-10-13-22(25(30)28-16)29-21-8-5-7-19-17(11-12-20(24(19)21)26(29)31)14-27-15-18-6-3-4-9-23(18)32-2/h3-9,11-12,22,27H,1,10,13-15H2,2H3,(H,28,30). The Morgan fingerprint density at radius 3 is 2.69 bits per heavy atom. The fourth-order valence-electron chi connectivity index (χ4n) is 4.72. The average Bonchev–Trinajstić information content (AvgIpc) is 3.08. The molecule has 2 heterocycles. The highest BCUT2D eigenvalue weighted by Gasteiger charge is 2.39. The summed E-state index contributed by atoms with van der Waals surface area (Å²) in [5, 5.41) is 8.25. The number of piperidine rings is 1. The Balaban J connectivity index is 1.43. The van der Waals surface area contributed by atoms with Gasteiger partial charge in [0.25, 0.3) is 5.91 Å². The molecule has 1 unspecified atom stereocenters. The molecule has 2 aliphatic heterocycles. The summed E-state index contributed by atoms with van der Waals surface area (Å²) in [5.41, 5.74) is 4.36. The third-order valence-corrected chi connectivity index (χ3v) is 6.27. The summed E-state index contributed by atoms with van der Waals surface area (Å²) in [5.74, 6) is 0.575. The van der Waals surface area contributed by atoms with E-state index in [1.54, 1.807) is 12.0 Å². The fraction of sp³-hybridized carbons (Fsp3) is 0.231. The Hall–Kier alpha value is -3.64. The molecule has 6 nitrogen and oxygen atoms in total. The van der Waals surface area contributed by atoms with Crippen LogP contribution in [-0.2, 0) is 17.9 Å². The molecule has 1 atom stereocenters. The van der Waals surface area contributed by atoms with Gasteiger partial charge in [-0.05, 0) is 42.0 Å². The lowest BCUT2D eigenvalue weighted by atomic mass is 10.00. The molecule has 0 saturated carbocycles. The highest BCUT2D eigenvalue weighted by Crippen LogP contribution is 2.41. The lowest BCUT2D eigenvalue weighted by Gasteiger charge is -2.31. The van der Waals surface area contributed by atoms with Crippen LogP contribution in [0.4, 0.5) is 5.69 Å². The number of carbonyl (C=O) groups excluding carboxylic acids is 2. The molecule has 6 heteroatoms. The van der Waals surface area contributed by atoms with Gasteiger partial charge in [-0.25, -0.2) is 0 Å². The molecule has 2 aliphatic rings. The summed E-state index contributed by atoms with van der Waals surface area (Å²) in [6, 6.07) is 17.2. The van der Waals surface area contributed by atoms with E-state index in [1.165, 1.54) is 0 Å². The summed E-state index contributed by atoms with van der Waals surface area (Å²) in [7, 11) is 1.67. The van der Waals surface area contributed by atoms with E-state index in [0.717, 1.165) is 33.3 Å². The van der Waals surface area contributed by atoms with Crippen molar-refractivity contribution in [2.75, 3.05) is 12.0 Å². The largest absolute Gasteiger partial charge is 0.496 e. The Morgan fingerprint density at radius 2 is 1.88 bits per heavy atom. The second-order valence-corrected chi connectivity index (χ2v) is 8.21. The summed E-state index contributed by atoms with van der Waals surface area (Å²) < 4.78 is 5.43. The van der Waals surface area contributed by atoms with Crippen LogP contribution < -0.4 is 20.3 Å². The Kier molecular flexibility index (Phi) is 5.15. The normalized spacial score (nSPS) is 17.7. The number of benzene rings is 3. The van der Waals surface area contributed by atoms with Crippen molar-refractivity contribution in [2.24, 2.45) is 0 Å². The molecule has 2 amide bonds. The number of hydrogen-bond donors (Lipinski definition) is 2. The van der Waals surface area contributed by atoms with E-state index >= 15 is 0 Å². The van der Waals surface area contributed by atoms with Crippen LogP contribution in [0.5, 0.6) is 5.75 Å². The van der Waals surface area contributed by atoms with Gasteiger partial charge in [-0.3, -0.25) is 14.5 Å². The summed E-state index contributed by atoms with van der Waals surface area (Å²) in [6.07, 6.45) is 1.25. The number of methoxy groups -OCH3 is 1. The molecule has 3 aromatic rings. The second kappa shape index (κ2) is 8.13. The van der Waals surface area contributed by atoms with E-state index in [2.05, 4.69) is 17.2 Å². The molecule has 32 heavy (non-hydrogen) atoms. The van der Waals surface area contributed by atoms with Crippen molar-refractivity contribution in [1.29, 1.82) is 0 Å². The van der Waals surface area contributed by atoms with Crippen molar-refractivity contribution in [3.8, 4) is 5.75 Å². The van der Waals surface area contributed by atoms with E-state index in [9.17, 15) is 9.59 Å². The SMILES string of the molecule is C=C1CCC(N2C(=O)c3ccc(CNCc4ccccc4OC)c4cccc2c34)C(=O)N1. The number of hydrogen-bond acceptors (Lipinski definition) is 4. The van der Waals surface area contributed by atoms with Gasteiger partial charge < -0.3 is 15.4 Å². The first-order valence-electron chi connectivity index (χ1n) is 10.8. The minimum absolute atomic E-state index is 0.114. The van der Waals surface area contributed by atoms with Gasteiger partial charge in [0.05, 0.1) is 12.8 Å². The highest BCUT2D eigenvalue weighted by atomic mass is 16.5. The Morgan fingerprint density at radius 1 is 1.06 bits per heavy atom. The van der Waals surface area contributed by atoms with Crippen LogP contribution in [0.3, 0.4) is 0 Å². The third-order valence-electron chi connectivity index (χ3n) is 6.27. The first-order valence-corrected chi connectivity index (χ1v) is 10.8. The quantitative estimate of drug-likeness (QED) is 0.626. The van der Waals surface area contributed by atoms with Gasteiger partial charge in [0.2, 0.25) is 5.91 Å². The molecular formula is C26H25N3O3. The molecule has 0 bridgehead atoms. The molecule has 2 N–H and O–H groups in total. The van der Waals surface area contributed by atoms with Crippen molar-refractivity contribution in [1.82, 2.24) is 10.6 Å². The number of para-hydroxylation sites is 1. The van der Waals surface area contributed by atoms with Crippen molar-refractivity contribution in [3.63, 3.8) is 0 Å². The first-order chi connectivity index (χ1) is 15.6. The molecule has 162 valence electrons. The fourth-order valence-corrected chi connectivity index (χ4v) is 4.72. The van der Waals surface area contributed by atoms with E-state index in [0.29, 0.717) is 37.2 Å². The van der Waals surface area contributed by atoms with Crippen LogP contribution in [-0.4, -0.2) is 25.0 Å². The van der Waals surface area contributed by atoms with Gasteiger partial charge in [-0.2, -0.15) is 0 Å². The van der Waals surface area contributed by atoms with Crippen LogP contribution >= 0.6 is 0 Å². The van der Waals surface area contributed by atoms with Crippen LogP contribution in [0.15, 0.2) is 66.9 Å². The number of rotatable bonds is 6. The van der Waals surface area contributed by atoms with Crippen molar-refractivity contribution in [3.05, 3.63) is 83.6 Å². The number of amides is 2. The summed E-state index contributed by atoms with van der Waals surface area (Å²) >= 11 is 0. The Bertz CT molecular complexity index is 1250. The number of allylic oxidation sites excluding steroid dienone is 1. The molecule has 3 aromatic carbocycles. The molecule has 0 spiro atoms. The van der Waals surface area contributed by atoms with E-state index in [-0.39, 0.29) is 11.8 Å². The minimum Gasteiger partial charge on any atom is -0.496 e. The van der Waals surface area contributed by atoms with Gasteiger partial charge in [-0.15, -0.1) is 0 Å². The number of carbonyl (C=O) groups is 2. The van der Waals surface area contributed by atoms with Crippen LogP contribution in [0.1, 0.15) is 34.3 Å². The van der Waals surface area contributed by atoms with Crippen LogP contribution in [0.25, 0.3) is 10.8 Å². The third kappa shape index (κ3) is 3.33. The van der Waals surface area contributed by atoms with E-state index < -0.39 is 6.04 Å². The smallest absolute Gasteiger partial charge is 0.259 e. The van der Waals surface area contributed by atoms with Gasteiger partial charge in [0, 0.05) is 35.3 Å². The van der Waals surface area contributed by atoms with Gasteiger partial charge >= 0.3 is 0 Å². The molecular weight excluding hydrogens is 402 g/mol. The van der Waals surface area contributed by atoms with Crippen molar-refractivity contribution in [2.45, 2.75) is 32.0 Å². The van der Waals surface area contributed by atoms with Crippen LogP contribution in [0.2, 0.25) is 0 Å². The van der Waals surface area contributed by atoms with Crippen LogP contribution in [0, 0.1) is 0 Å². The summed E-state index contributed by atoms with van der Waals surface area (Å²) in [4.78, 5) is 27.6. The maximum atomic E-state index is 13.3. The zero-order valence-electron chi connectivity index (χ0n) is 18.0. The maximum Gasteiger partial charge on any atom is 0.259 e. The predicted molar refractivity (Wildman–Crippen MR) is 125 cm³/mol. The number of nitrogens with zero attached hydrogens (tertiary/aromatic N) is 1. The van der Waals surface area contributed by atoms with Gasteiger partial charge in [0.15, 0.2) is 0 Å². The van der Waals surface area contributed by atoms with E-state index in [4.69, 9.17) is 4.74 Å². The van der Waals surface area contributed by atoms with E-state index in [1.807, 2.05) is 54.6 Å². The summed E-state index contributed by atoms with van der Waals surface area (Å²) in [6.45, 7) is 5.17. The minimum atomic E-state index is -0.516. The maximum absolute atomic E-state index is 13.3. The van der Waals surface area contributed by atoms with Crippen molar-refractivity contribution < 1.29 is 14.3 Å². The topological polar surface area (TPSA) is 70.7 Å². The predicted octanol–water partition coefficient (Wildman–Crippen LogP) is 3.89. The van der Waals surface area contributed by atoms with Gasteiger partial charge in [0.1, 0.15) is 11.8 Å². The number of ether oxygens (including phenoxy) is 1. The second-order valence-electron chi connectivity index (χ2n) is 8.21. The molecule has 0 aliphatic carbocycles. The Labute approximate surface area is 186 Å². The molecule has 5 rings (SSSR count). The molecule has 1 fully saturated rings. The first kappa shape index (κ1) is 20.3. The number of nitrogens with one attached hydrogen (secondary N) is 2. The lowest BCUT2D eigenvalue weighted by molar-refractivity contribution is -0.122. The van der Waals surface area contributed by atoms with Gasteiger partial charge in [-0.1, -0.05) is 43.0 Å². The zero-order chi connectivity index (χ0) is 22.2.